The first kappa shape index (κ1) is 18.2. The van der Waals surface area contributed by atoms with Crippen molar-refractivity contribution in [2.75, 3.05) is 13.2 Å². The van der Waals surface area contributed by atoms with Gasteiger partial charge in [0.15, 0.2) is 0 Å². The van der Waals surface area contributed by atoms with E-state index in [1.165, 1.54) is 0 Å². The maximum absolute atomic E-state index is 12.6. The number of nitrogens with one attached hydrogen (secondary N) is 1. The first-order chi connectivity index (χ1) is 11.5. The fraction of sp³-hybridized carbons (Fsp3) is 0.474. The van der Waals surface area contributed by atoms with E-state index >= 15 is 0 Å². The Hall–Kier alpha value is -2.14. The third kappa shape index (κ3) is 4.93. The van der Waals surface area contributed by atoms with Crippen LogP contribution in [0.5, 0.6) is 0 Å². The van der Waals surface area contributed by atoms with Gasteiger partial charge >= 0.3 is 0 Å². The fourth-order valence-corrected chi connectivity index (χ4v) is 2.95. The lowest BCUT2D eigenvalue weighted by molar-refractivity contribution is 0.0942. The van der Waals surface area contributed by atoms with Crippen LogP contribution < -0.4 is 5.32 Å². The molecule has 2 rings (SSSR count). The highest BCUT2D eigenvalue weighted by atomic mass is 16.3. The van der Waals surface area contributed by atoms with Gasteiger partial charge in [-0.2, -0.15) is 5.10 Å². The molecule has 1 aromatic heterocycles. The molecule has 0 bridgehead atoms. The summed E-state index contributed by atoms with van der Waals surface area (Å²) in [5, 5.41) is 16.6. The highest BCUT2D eigenvalue weighted by molar-refractivity contribution is 5.99. The van der Waals surface area contributed by atoms with Crippen molar-refractivity contribution in [1.29, 1.82) is 0 Å². The molecule has 1 aromatic carbocycles. The van der Waals surface area contributed by atoms with Crippen molar-refractivity contribution in [2.45, 2.75) is 26.7 Å². The average molecular weight is 329 g/mol. The van der Waals surface area contributed by atoms with Crippen LogP contribution in [0.2, 0.25) is 0 Å². The molecule has 0 spiro atoms. The van der Waals surface area contributed by atoms with E-state index in [9.17, 15) is 9.90 Å². The van der Waals surface area contributed by atoms with Crippen LogP contribution in [-0.2, 0) is 7.05 Å². The maximum atomic E-state index is 12.6. The van der Waals surface area contributed by atoms with Crippen LogP contribution in [0.4, 0.5) is 0 Å². The van der Waals surface area contributed by atoms with Crippen molar-refractivity contribution in [3.05, 3.63) is 42.1 Å². The lowest BCUT2D eigenvalue weighted by Gasteiger charge is -2.18. The second kappa shape index (κ2) is 8.64. The summed E-state index contributed by atoms with van der Waals surface area (Å²) in [6.07, 6.45) is 3.44. The lowest BCUT2D eigenvalue weighted by atomic mass is 9.94. The van der Waals surface area contributed by atoms with Gasteiger partial charge in [-0.15, -0.1) is 0 Å². The van der Waals surface area contributed by atoms with Crippen LogP contribution in [0.25, 0.3) is 11.3 Å². The quantitative estimate of drug-likeness (QED) is 0.782. The number of aliphatic hydroxyl groups is 1. The first-order valence-electron chi connectivity index (χ1n) is 8.49. The highest BCUT2D eigenvalue weighted by Gasteiger charge is 2.18. The van der Waals surface area contributed by atoms with Gasteiger partial charge in [0, 0.05) is 32.0 Å². The van der Waals surface area contributed by atoms with E-state index in [-0.39, 0.29) is 18.4 Å². The van der Waals surface area contributed by atoms with Crippen LogP contribution in [0, 0.1) is 11.8 Å². The number of hydrogen-bond acceptors (Lipinski definition) is 3. The summed E-state index contributed by atoms with van der Waals surface area (Å²) in [6.45, 7) is 5.03. The molecular weight excluding hydrogens is 302 g/mol. The minimum Gasteiger partial charge on any atom is -0.396 e. The number of hydrogen-bond donors (Lipinski definition) is 2. The zero-order chi connectivity index (χ0) is 17.5. The maximum Gasteiger partial charge on any atom is 0.255 e. The van der Waals surface area contributed by atoms with Gasteiger partial charge in [-0.25, -0.2) is 0 Å². The van der Waals surface area contributed by atoms with Crippen molar-refractivity contribution in [3.63, 3.8) is 0 Å². The minimum absolute atomic E-state index is 0.117. The summed E-state index contributed by atoms with van der Waals surface area (Å²) in [6, 6.07) is 9.72. The molecule has 0 saturated heterocycles. The van der Waals surface area contributed by atoms with Gasteiger partial charge in [0.05, 0.1) is 5.56 Å². The van der Waals surface area contributed by atoms with Crippen molar-refractivity contribution in [3.8, 4) is 11.3 Å². The molecule has 0 saturated carbocycles. The molecule has 0 fully saturated rings. The Kier molecular flexibility index (Phi) is 6.55. The van der Waals surface area contributed by atoms with E-state index in [0.29, 0.717) is 30.1 Å². The van der Waals surface area contributed by atoms with Crippen LogP contribution in [0.1, 0.15) is 37.0 Å². The molecule has 0 aliphatic heterocycles. The molecule has 0 aliphatic rings. The summed E-state index contributed by atoms with van der Waals surface area (Å²) < 4.78 is 1.66. The Balaban J connectivity index is 2.10. The van der Waals surface area contributed by atoms with E-state index in [1.807, 2.05) is 37.4 Å². The van der Waals surface area contributed by atoms with Crippen molar-refractivity contribution >= 4 is 5.91 Å². The summed E-state index contributed by atoms with van der Waals surface area (Å²) in [5.41, 5.74) is 2.20. The summed E-state index contributed by atoms with van der Waals surface area (Å²) in [5.74, 6) is 0.709. The van der Waals surface area contributed by atoms with Crippen LogP contribution in [-0.4, -0.2) is 33.9 Å². The number of carbonyl (C=O) groups excluding carboxylic acids is 1. The van der Waals surface area contributed by atoms with Gasteiger partial charge in [0.1, 0.15) is 5.69 Å². The van der Waals surface area contributed by atoms with E-state index < -0.39 is 0 Å². The summed E-state index contributed by atoms with van der Waals surface area (Å²) >= 11 is 0. The van der Waals surface area contributed by atoms with Gasteiger partial charge in [-0.3, -0.25) is 9.48 Å². The number of aromatic nitrogens is 2. The SMILES string of the molecule is CC(C)CC(CCO)CNC(=O)c1cn(C)nc1-c1ccccc1. The molecule has 5 nitrogen and oxygen atoms in total. The van der Waals surface area contributed by atoms with Crippen LogP contribution in [0.3, 0.4) is 0 Å². The van der Waals surface area contributed by atoms with Crippen molar-refractivity contribution in [1.82, 2.24) is 15.1 Å². The van der Waals surface area contributed by atoms with Gasteiger partial charge in [-0.05, 0) is 24.7 Å². The third-order valence-electron chi connectivity index (χ3n) is 4.01. The average Bonchev–Trinajstić information content (AvgIpc) is 2.95. The monoisotopic (exact) mass is 329 g/mol. The molecule has 1 amide bonds. The second-order valence-corrected chi connectivity index (χ2v) is 6.65. The highest BCUT2D eigenvalue weighted by Crippen LogP contribution is 2.22. The van der Waals surface area contributed by atoms with E-state index in [0.717, 1.165) is 12.0 Å². The van der Waals surface area contributed by atoms with Crippen LogP contribution in [0.15, 0.2) is 36.5 Å². The van der Waals surface area contributed by atoms with E-state index in [2.05, 4.69) is 24.3 Å². The molecule has 1 atom stereocenters. The summed E-state index contributed by atoms with van der Waals surface area (Å²) in [4.78, 5) is 12.6. The van der Waals surface area contributed by atoms with E-state index in [1.54, 1.807) is 10.9 Å². The number of benzene rings is 1. The molecule has 1 unspecified atom stereocenters. The predicted molar refractivity (Wildman–Crippen MR) is 95.6 cm³/mol. The molecule has 0 aliphatic carbocycles. The minimum atomic E-state index is -0.117. The Bertz CT molecular complexity index is 650. The van der Waals surface area contributed by atoms with Crippen molar-refractivity contribution < 1.29 is 9.90 Å². The predicted octanol–water partition coefficient (Wildman–Crippen LogP) is 2.86. The Labute approximate surface area is 143 Å². The number of amides is 1. The Morgan fingerprint density at radius 3 is 2.62 bits per heavy atom. The largest absolute Gasteiger partial charge is 0.396 e. The molecule has 1 heterocycles. The fourth-order valence-electron chi connectivity index (χ4n) is 2.95. The van der Waals surface area contributed by atoms with Gasteiger partial charge in [-0.1, -0.05) is 44.2 Å². The lowest BCUT2D eigenvalue weighted by Crippen LogP contribution is -2.30. The molecule has 24 heavy (non-hydrogen) atoms. The number of carbonyl (C=O) groups is 1. The number of nitrogens with zero attached hydrogens (tertiary/aromatic N) is 2. The standard InChI is InChI=1S/C19H27N3O2/c1-14(2)11-15(9-10-23)12-20-19(24)17-13-22(3)21-18(17)16-7-5-4-6-8-16/h4-8,13-15,23H,9-12H2,1-3H3,(H,20,24). The summed E-state index contributed by atoms with van der Waals surface area (Å²) in [7, 11) is 1.82. The zero-order valence-corrected chi connectivity index (χ0v) is 14.7. The number of aryl methyl sites for hydroxylation is 1. The van der Waals surface area contributed by atoms with E-state index in [4.69, 9.17) is 0 Å². The molecule has 5 heteroatoms. The number of rotatable bonds is 8. The second-order valence-electron chi connectivity index (χ2n) is 6.65. The normalized spacial score (nSPS) is 12.4. The topological polar surface area (TPSA) is 67.2 Å². The first-order valence-corrected chi connectivity index (χ1v) is 8.49. The van der Waals surface area contributed by atoms with Crippen LogP contribution >= 0.6 is 0 Å². The van der Waals surface area contributed by atoms with Crippen molar-refractivity contribution in [2.24, 2.45) is 18.9 Å². The Morgan fingerprint density at radius 2 is 2.00 bits per heavy atom. The molecule has 2 aromatic rings. The zero-order valence-electron chi connectivity index (χ0n) is 14.7. The van der Waals surface area contributed by atoms with Gasteiger partial charge in [0.2, 0.25) is 0 Å². The number of aliphatic hydroxyl groups excluding tert-OH is 1. The molecule has 2 N–H and O–H groups in total. The molecular formula is C19H27N3O2. The smallest absolute Gasteiger partial charge is 0.255 e. The van der Waals surface area contributed by atoms with Gasteiger partial charge in [0.25, 0.3) is 5.91 Å². The third-order valence-corrected chi connectivity index (χ3v) is 4.01. The molecule has 0 radical (unpaired) electrons. The Morgan fingerprint density at radius 1 is 1.29 bits per heavy atom. The molecule has 130 valence electrons. The van der Waals surface area contributed by atoms with Gasteiger partial charge < -0.3 is 10.4 Å².